The van der Waals surface area contributed by atoms with Gasteiger partial charge in [0.25, 0.3) is 0 Å². The lowest BCUT2D eigenvalue weighted by Crippen LogP contribution is -2.22. The van der Waals surface area contributed by atoms with Gasteiger partial charge in [0.15, 0.2) is 11.5 Å². The largest absolute Gasteiger partial charge is 0.493 e. The van der Waals surface area contributed by atoms with E-state index in [2.05, 4.69) is 12.0 Å². The van der Waals surface area contributed by atoms with Crippen LogP contribution < -0.4 is 15.2 Å². The van der Waals surface area contributed by atoms with Gasteiger partial charge < -0.3 is 15.2 Å². The van der Waals surface area contributed by atoms with E-state index in [-0.39, 0.29) is 6.04 Å². The van der Waals surface area contributed by atoms with Crippen molar-refractivity contribution in [1.29, 1.82) is 0 Å². The smallest absolute Gasteiger partial charge is 0.164 e. The molecule has 0 bridgehead atoms. The zero-order valence-electron chi connectivity index (χ0n) is 12.7. The van der Waals surface area contributed by atoms with E-state index in [0.29, 0.717) is 13.2 Å². The molecule has 1 unspecified atom stereocenters. The first-order valence-corrected chi connectivity index (χ1v) is 7.26. The Morgan fingerprint density at radius 3 is 2.86 bits per heavy atom. The molecule has 0 saturated carbocycles. The first kappa shape index (κ1) is 15.4. The normalized spacial score (nSPS) is 12.1. The van der Waals surface area contributed by atoms with Crippen LogP contribution in [0.1, 0.15) is 18.9 Å². The molecule has 2 aromatic rings. The minimum absolute atomic E-state index is 0.130. The summed E-state index contributed by atoms with van der Waals surface area (Å²) in [6, 6.07) is 7.95. The first-order valence-electron chi connectivity index (χ1n) is 7.26. The Bertz CT molecular complexity index is 540. The molecule has 2 rings (SSSR count). The molecular formula is C16H23N3O2. The number of ether oxygens (including phenoxy) is 2. The molecule has 0 aliphatic rings. The number of rotatable bonds is 8. The average molecular weight is 289 g/mol. The number of nitrogens with zero attached hydrogens (tertiary/aromatic N) is 2. The van der Waals surface area contributed by atoms with E-state index >= 15 is 0 Å². The van der Waals surface area contributed by atoms with E-state index in [1.165, 1.54) is 0 Å². The Balaban J connectivity index is 2.07. The summed E-state index contributed by atoms with van der Waals surface area (Å²) in [7, 11) is 1.65. The molecule has 5 nitrogen and oxygen atoms in total. The SMILES string of the molecule is CCC(N)Cc1cccc(OC)c1OCCn1cccn1. The molecule has 0 saturated heterocycles. The highest BCUT2D eigenvalue weighted by Crippen LogP contribution is 2.32. The second-order valence-corrected chi connectivity index (χ2v) is 4.94. The number of para-hydroxylation sites is 1. The summed E-state index contributed by atoms with van der Waals surface area (Å²) in [4.78, 5) is 0. The van der Waals surface area contributed by atoms with Crippen molar-refractivity contribution in [1.82, 2.24) is 9.78 Å². The summed E-state index contributed by atoms with van der Waals surface area (Å²) in [5.74, 6) is 1.53. The molecule has 0 radical (unpaired) electrons. The molecule has 1 heterocycles. The number of nitrogens with two attached hydrogens (primary N) is 1. The third-order valence-corrected chi connectivity index (χ3v) is 3.41. The molecule has 2 N–H and O–H groups in total. The van der Waals surface area contributed by atoms with Crippen LogP contribution in [-0.2, 0) is 13.0 Å². The van der Waals surface area contributed by atoms with E-state index in [0.717, 1.165) is 29.9 Å². The zero-order valence-corrected chi connectivity index (χ0v) is 12.7. The highest BCUT2D eigenvalue weighted by Gasteiger charge is 2.13. The van der Waals surface area contributed by atoms with E-state index < -0.39 is 0 Å². The van der Waals surface area contributed by atoms with E-state index in [1.54, 1.807) is 13.3 Å². The van der Waals surface area contributed by atoms with Crippen LogP contribution in [0.4, 0.5) is 0 Å². The Hall–Kier alpha value is -2.01. The summed E-state index contributed by atoms with van der Waals surface area (Å²) in [6.45, 7) is 3.32. The predicted molar refractivity (Wildman–Crippen MR) is 82.7 cm³/mol. The van der Waals surface area contributed by atoms with Gasteiger partial charge in [-0.05, 0) is 30.5 Å². The molecular weight excluding hydrogens is 266 g/mol. The topological polar surface area (TPSA) is 62.3 Å². The fourth-order valence-electron chi connectivity index (χ4n) is 2.15. The van der Waals surface area contributed by atoms with Gasteiger partial charge in [0.2, 0.25) is 0 Å². The molecule has 1 aromatic heterocycles. The minimum atomic E-state index is 0.130. The van der Waals surface area contributed by atoms with E-state index in [4.69, 9.17) is 15.2 Å². The molecule has 0 fully saturated rings. The Morgan fingerprint density at radius 2 is 2.19 bits per heavy atom. The quantitative estimate of drug-likeness (QED) is 0.809. The Kier molecular flexibility index (Phi) is 5.63. The van der Waals surface area contributed by atoms with E-state index in [9.17, 15) is 0 Å². The highest BCUT2D eigenvalue weighted by atomic mass is 16.5. The summed E-state index contributed by atoms with van der Waals surface area (Å²) < 4.78 is 13.2. The standard InChI is InChI=1S/C16H23N3O2/c1-3-14(17)12-13-6-4-7-15(20-2)16(13)21-11-10-19-9-5-8-18-19/h4-9,14H,3,10-12,17H2,1-2H3. The lowest BCUT2D eigenvalue weighted by atomic mass is 10.0. The lowest BCUT2D eigenvalue weighted by Gasteiger charge is -2.17. The summed E-state index contributed by atoms with van der Waals surface area (Å²) in [5.41, 5.74) is 7.15. The number of hydrogen-bond acceptors (Lipinski definition) is 4. The van der Waals surface area contributed by atoms with Crippen LogP contribution in [0.5, 0.6) is 11.5 Å². The number of benzene rings is 1. The molecule has 0 spiro atoms. The zero-order chi connectivity index (χ0) is 15.1. The fraction of sp³-hybridized carbons (Fsp3) is 0.438. The number of methoxy groups -OCH3 is 1. The molecule has 21 heavy (non-hydrogen) atoms. The van der Waals surface area contributed by atoms with Crippen molar-refractivity contribution >= 4 is 0 Å². The number of hydrogen-bond donors (Lipinski definition) is 1. The molecule has 1 atom stereocenters. The van der Waals surface area contributed by atoms with E-state index in [1.807, 2.05) is 35.1 Å². The van der Waals surface area contributed by atoms with Crippen molar-refractivity contribution in [3.63, 3.8) is 0 Å². The molecule has 5 heteroatoms. The second-order valence-electron chi connectivity index (χ2n) is 4.94. The average Bonchev–Trinajstić information content (AvgIpc) is 3.01. The molecule has 0 aliphatic heterocycles. The van der Waals surface area contributed by atoms with Crippen molar-refractivity contribution in [2.24, 2.45) is 5.73 Å². The van der Waals surface area contributed by atoms with Crippen LogP contribution in [0.2, 0.25) is 0 Å². The first-order chi connectivity index (χ1) is 10.2. The van der Waals surface area contributed by atoms with Gasteiger partial charge in [-0.1, -0.05) is 19.1 Å². The maximum absolute atomic E-state index is 6.06. The van der Waals surface area contributed by atoms with Gasteiger partial charge in [0.1, 0.15) is 6.61 Å². The van der Waals surface area contributed by atoms with Crippen molar-refractivity contribution in [3.05, 3.63) is 42.2 Å². The monoisotopic (exact) mass is 289 g/mol. The molecule has 0 amide bonds. The molecule has 0 aliphatic carbocycles. The van der Waals surface area contributed by atoms with Crippen LogP contribution in [0.3, 0.4) is 0 Å². The maximum Gasteiger partial charge on any atom is 0.164 e. The van der Waals surface area contributed by atoms with Crippen LogP contribution in [0.25, 0.3) is 0 Å². The second kappa shape index (κ2) is 7.69. The minimum Gasteiger partial charge on any atom is -0.493 e. The van der Waals surface area contributed by atoms with Gasteiger partial charge in [-0.25, -0.2) is 0 Å². The van der Waals surface area contributed by atoms with Gasteiger partial charge >= 0.3 is 0 Å². The third kappa shape index (κ3) is 4.23. The van der Waals surface area contributed by atoms with Crippen molar-refractivity contribution in [2.75, 3.05) is 13.7 Å². The maximum atomic E-state index is 6.06. The predicted octanol–water partition coefficient (Wildman–Crippen LogP) is 2.25. The van der Waals surface area contributed by atoms with Crippen LogP contribution in [0.15, 0.2) is 36.7 Å². The lowest BCUT2D eigenvalue weighted by molar-refractivity contribution is 0.271. The van der Waals surface area contributed by atoms with Crippen LogP contribution in [0, 0.1) is 0 Å². The van der Waals surface area contributed by atoms with Crippen molar-refractivity contribution in [3.8, 4) is 11.5 Å². The van der Waals surface area contributed by atoms with Crippen LogP contribution >= 0.6 is 0 Å². The summed E-state index contributed by atoms with van der Waals surface area (Å²) in [5, 5.41) is 4.16. The van der Waals surface area contributed by atoms with Crippen LogP contribution in [-0.4, -0.2) is 29.5 Å². The van der Waals surface area contributed by atoms with Gasteiger partial charge in [0, 0.05) is 18.4 Å². The van der Waals surface area contributed by atoms with Gasteiger partial charge in [0.05, 0.1) is 13.7 Å². The number of aromatic nitrogens is 2. The summed E-state index contributed by atoms with van der Waals surface area (Å²) in [6.07, 6.45) is 5.39. The third-order valence-electron chi connectivity index (χ3n) is 3.41. The van der Waals surface area contributed by atoms with Gasteiger partial charge in [-0.2, -0.15) is 5.10 Å². The summed E-state index contributed by atoms with van der Waals surface area (Å²) >= 11 is 0. The fourth-order valence-corrected chi connectivity index (χ4v) is 2.15. The van der Waals surface area contributed by atoms with Crippen molar-refractivity contribution < 1.29 is 9.47 Å². The van der Waals surface area contributed by atoms with Gasteiger partial charge in [-0.3, -0.25) is 4.68 Å². The molecule has 114 valence electrons. The highest BCUT2D eigenvalue weighted by molar-refractivity contribution is 5.47. The Morgan fingerprint density at radius 1 is 1.33 bits per heavy atom. The van der Waals surface area contributed by atoms with Crippen molar-refractivity contribution in [2.45, 2.75) is 32.4 Å². The Labute approximate surface area is 125 Å². The van der Waals surface area contributed by atoms with Gasteiger partial charge in [-0.15, -0.1) is 0 Å². The molecule has 1 aromatic carbocycles.